The Hall–Kier alpha value is -3.48. The number of hydrogen-bond donors (Lipinski definition) is 4. The third kappa shape index (κ3) is 6.53. The van der Waals surface area contributed by atoms with Crippen LogP contribution in [0.5, 0.6) is 5.75 Å². The van der Waals surface area contributed by atoms with E-state index < -0.39 is 53.7 Å². The van der Waals surface area contributed by atoms with Crippen molar-refractivity contribution in [2.75, 3.05) is 42.5 Å². The van der Waals surface area contributed by atoms with Gasteiger partial charge in [-0.3, -0.25) is 9.00 Å². The molecule has 0 aliphatic carbocycles. The summed E-state index contributed by atoms with van der Waals surface area (Å²) in [5, 5.41) is 4.94. The van der Waals surface area contributed by atoms with Gasteiger partial charge in [0.25, 0.3) is 5.91 Å². The molecule has 1 heterocycles. The first-order valence-electron chi connectivity index (χ1n) is 9.98. The fraction of sp³-hybridized carbons (Fsp3) is 0.286. The highest BCUT2D eigenvalue weighted by atomic mass is 32.3. The number of ether oxygens (including phenoxy) is 1. The summed E-state index contributed by atoms with van der Waals surface area (Å²) >= 11 is 0. The zero-order valence-corrected chi connectivity index (χ0v) is 19.1. The molecule has 0 atom stereocenters. The molecular weight excluding hydrogens is 478 g/mol. The Morgan fingerprint density at radius 1 is 1.12 bits per heavy atom. The molecule has 1 aromatic heterocycles. The largest absolute Gasteiger partial charge is 0.481 e. The molecule has 0 radical (unpaired) electrons. The van der Waals surface area contributed by atoms with E-state index >= 15 is 0 Å². The molecule has 34 heavy (non-hydrogen) atoms. The van der Waals surface area contributed by atoms with E-state index in [-0.39, 0.29) is 33.8 Å². The van der Waals surface area contributed by atoms with Crippen molar-refractivity contribution >= 4 is 44.1 Å². The molecule has 0 spiro atoms. The summed E-state index contributed by atoms with van der Waals surface area (Å²) in [6.45, 7) is -2.82. The van der Waals surface area contributed by atoms with Gasteiger partial charge in [0.2, 0.25) is 0 Å². The van der Waals surface area contributed by atoms with Crippen LogP contribution in [0.1, 0.15) is 0 Å². The highest BCUT2D eigenvalue weighted by Crippen LogP contribution is 2.33. The second-order valence-corrected chi connectivity index (χ2v) is 10.6. The van der Waals surface area contributed by atoms with Crippen LogP contribution in [0.3, 0.4) is 0 Å². The van der Waals surface area contributed by atoms with Crippen LogP contribution in [0.4, 0.5) is 34.8 Å². The third-order valence-corrected chi connectivity index (χ3v) is 5.18. The van der Waals surface area contributed by atoms with Gasteiger partial charge in [-0.1, -0.05) is 0 Å². The van der Waals surface area contributed by atoms with Crippen LogP contribution in [0.2, 0.25) is 0 Å². The van der Waals surface area contributed by atoms with E-state index in [0.717, 1.165) is 18.2 Å². The third-order valence-electron chi connectivity index (χ3n) is 4.38. The van der Waals surface area contributed by atoms with Gasteiger partial charge >= 0.3 is 0 Å². The van der Waals surface area contributed by atoms with Gasteiger partial charge in [0.1, 0.15) is 42.9 Å². The van der Waals surface area contributed by atoms with Crippen LogP contribution in [-0.2, 0) is 14.9 Å². The van der Waals surface area contributed by atoms with Gasteiger partial charge in [-0.05, 0) is 34.4 Å². The van der Waals surface area contributed by atoms with E-state index in [0.29, 0.717) is 0 Å². The van der Waals surface area contributed by atoms with Crippen LogP contribution >= 0.6 is 0 Å². The molecule has 0 fully saturated rings. The molecule has 0 saturated carbocycles. The standard InChI is InChI=1S/C21H23F4N5O3S/c1-34(2,32)30-13-6-15(25)20-17(7-13)26-11-27-21(20)29-16-4-3-12(24)5-18(16)33-10-19(31)28-14(8-22)9-23/h3-7,11,14,34H,8-10H2,1-2H3,(H,28,31)(H,30,32)(H,26,27,29). The van der Waals surface area contributed by atoms with Crippen LogP contribution in [0.25, 0.3) is 10.9 Å². The zero-order chi connectivity index (χ0) is 24.9. The fourth-order valence-corrected chi connectivity index (χ4v) is 3.74. The Bertz CT molecular complexity index is 1240. The summed E-state index contributed by atoms with van der Waals surface area (Å²) in [4.78, 5) is 20.0. The van der Waals surface area contributed by atoms with Gasteiger partial charge in [-0.15, -0.1) is 0 Å². The van der Waals surface area contributed by atoms with Crippen molar-refractivity contribution in [1.29, 1.82) is 0 Å². The van der Waals surface area contributed by atoms with Crippen molar-refractivity contribution in [2.45, 2.75) is 6.04 Å². The van der Waals surface area contributed by atoms with E-state index in [2.05, 4.69) is 25.3 Å². The summed E-state index contributed by atoms with van der Waals surface area (Å²) < 4.78 is 74.0. The van der Waals surface area contributed by atoms with Gasteiger partial charge < -0.3 is 20.1 Å². The number of alkyl halides is 2. The number of hydrogen-bond acceptors (Lipinski definition) is 6. The van der Waals surface area contributed by atoms with Crippen molar-refractivity contribution < 1.29 is 31.3 Å². The maximum absolute atomic E-state index is 14.9. The van der Waals surface area contributed by atoms with Crippen molar-refractivity contribution in [3.8, 4) is 5.75 Å². The average molecular weight is 502 g/mol. The zero-order valence-electron chi connectivity index (χ0n) is 18.2. The number of carbonyl (C=O) groups is 1. The molecule has 0 aliphatic heterocycles. The molecule has 0 saturated heterocycles. The van der Waals surface area contributed by atoms with Gasteiger partial charge in [0.05, 0.1) is 22.6 Å². The van der Waals surface area contributed by atoms with Gasteiger partial charge in [-0.25, -0.2) is 27.5 Å². The lowest BCUT2D eigenvalue weighted by molar-refractivity contribution is -0.124. The Kier molecular flexibility index (Phi) is 7.87. The van der Waals surface area contributed by atoms with Crippen molar-refractivity contribution in [1.82, 2.24) is 15.3 Å². The van der Waals surface area contributed by atoms with Crippen molar-refractivity contribution in [3.63, 3.8) is 0 Å². The maximum Gasteiger partial charge on any atom is 0.258 e. The summed E-state index contributed by atoms with van der Waals surface area (Å²) in [6, 6.07) is 4.74. The van der Waals surface area contributed by atoms with Crippen LogP contribution in [-0.4, -0.2) is 58.6 Å². The highest BCUT2D eigenvalue weighted by molar-refractivity contribution is 8.02. The molecule has 1 amide bonds. The van der Waals surface area contributed by atoms with E-state index in [1.807, 2.05) is 0 Å². The minimum absolute atomic E-state index is 0.0110. The number of carbonyl (C=O) groups excluding carboxylic acids is 1. The van der Waals surface area contributed by atoms with E-state index in [4.69, 9.17) is 4.74 Å². The number of nitrogens with zero attached hydrogens (tertiary/aromatic N) is 2. The number of amides is 1. The van der Waals surface area contributed by atoms with E-state index in [1.54, 1.807) is 0 Å². The summed E-state index contributed by atoms with van der Waals surface area (Å²) in [6.07, 6.45) is 4.17. The smallest absolute Gasteiger partial charge is 0.258 e. The van der Waals surface area contributed by atoms with Crippen LogP contribution < -0.4 is 20.1 Å². The maximum atomic E-state index is 14.9. The fourth-order valence-electron chi connectivity index (χ4n) is 2.99. The molecule has 13 heteroatoms. The van der Waals surface area contributed by atoms with Crippen LogP contribution in [0.15, 0.2) is 36.7 Å². The molecule has 3 N–H and O–H groups in total. The molecule has 3 rings (SSSR count). The number of rotatable bonds is 10. The SMILES string of the molecule is C[SH](C)(=O)Nc1cc(F)c2c(Nc3ccc(F)cc3OCC(=O)NC(CF)CF)ncnc2c1. The second-order valence-electron chi connectivity index (χ2n) is 7.66. The normalized spacial score (nSPS) is 12.0. The number of halogens is 4. The molecule has 184 valence electrons. The quantitative estimate of drug-likeness (QED) is 0.252. The number of anilines is 3. The lowest BCUT2D eigenvalue weighted by Crippen LogP contribution is -2.40. The lowest BCUT2D eigenvalue weighted by atomic mass is 10.2. The molecule has 3 aromatic rings. The highest BCUT2D eigenvalue weighted by Gasteiger charge is 2.16. The summed E-state index contributed by atoms with van der Waals surface area (Å²) in [5.41, 5.74) is 0.635. The Morgan fingerprint density at radius 2 is 1.85 bits per heavy atom. The summed E-state index contributed by atoms with van der Waals surface area (Å²) in [5.74, 6) is -2.27. The Labute approximate surface area is 193 Å². The van der Waals surface area contributed by atoms with Crippen molar-refractivity contribution in [2.24, 2.45) is 0 Å². The van der Waals surface area contributed by atoms with Gasteiger partial charge in [0.15, 0.2) is 6.61 Å². The van der Waals surface area contributed by atoms with Crippen LogP contribution in [0, 0.1) is 11.6 Å². The average Bonchev–Trinajstić information content (AvgIpc) is 2.76. The van der Waals surface area contributed by atoms with E-state index in [1.165, 1.54) is 31.0 Å². The first kappa shape index (κ1) is 25.1. The van der Waals surface area contributed by atoms with Gasteiger partial charge in [0, 0.05) is 24.3 Å². The Morgan fingerprint density at radius 3 is 2.53 bits per heavy atom. The number of fused-ring (bicyclic) bond motifs is 1. The predicted molar refractivity (Wildman–Crippen MR) is 124 cm³/mol. The monoisotopic (exact) mass is 501 g/mol. The minimum atomic E-state index is -2.69. The van der Waals surface area contributed by atoms with E-state index in [9.17, 15) is 26.6 Å². The second kappa shape index (κ2) is 10.6. The lowest BCUT2D eigenvalue weighted by Gasteiger charge is -2.18. The van der Waals surface area contributed by atoms with Crippen molar-refractivity contribution in [3.05, 3.63) is 48.3 Å². The first-order valence-corrected chi connectivity index (χ1v) is 12.6. The Balaban J connectivity index is 1.87. The first-order chi connectivity index (χ1) is 16.1. The minimum Gasteiger partial charge on any atom is -0.481 e. The molecule has 2 aromatic carbocycles. The summed E-state index contributed by atoms with van der Waals surface area (Å²) in [7, 11) is -2.69. The number of benzene rings is 2. The molecular formula is C21H23F4N5O3S. The number of nitrogens with one attached hydrogen (secondary N) is 3. The van der Waals surface area contributed by atoms with Gasteiger partial charge in [-0.2, -0.15) is 0 Å². The molecule has 0 unspecified atom stereocenters. The molecule has 8 nitrogen and oxygen atoms in total. The number of aromatic nitrogens is 2. The molecule has 0 bridgehead atoms. The topological polar surface area (TPSA) is 105 Å². The molecule has 0 aliphatic rings. The predicted octanol–water partition coefficient (Wildman–Crippen LogP) is 3.06. The number of thiol groups is 1.